The first-order valence-electron chi connectivity index (χ1n) is 6.48. The highest BCUT2D eigenvalue weighted by molar-refractivity contribution is 7.86. The molecule has 1 aromatic rings. The zero-order chi connectivity index (χ0) is 15.1. The molecule has 4 nitrogen and oxygen atoms in total. The van der Waals surface area contributed by atoms with Crippen LogP contribution in [0.25, 0.3) is 0 Å². The van der Waals surface area contributed by atoms with Gasteiger partial charge in [0.1, 0.15) is 0 Å². The van der Waals surface area contributed by atoms with Gasteiger partial charge in [0.2, 0.25) is 5.91 Å². The van der Waals surface area contributed by atoms with Gasteiger partial charge in [0, 0.05) is 24.6 Å². The van der Waals surface area contributed by atoms with Crippen molar-refractivity contribution < 1.29 is 17.1 Å². The second-order valence-electron chi connectivity index (χ2n) is 5.53. The van der Waals surface area contributed by atoms with E-state index in [0.717, 1.165) is 22.4 Å². The Morgan fingerprint density at radius 3 is 2.30 bits per heavy atom. The van der Waals surface area contributed by atoms with Crippen LogP contribution in [0.2, 0.25) is 0 Å². The number of nitrogens with zero attached hydrogens (tertiary/aromatic N) is 1. The van der Waals surface area contributed by atoms with Gasteiger partial charge >= 0.3 is 10.2 Å². The molecule has 0 aromatic heterocycles. The minimum absolute atomic E-state index is 0.0793. The Bertz CT molecular complexity index is 631. The summed E-state index contributed by atoms with van der Waals surface area (Å²) in [6.45, 7) is 6.07. The molecule has 0 N–H and O–H groups in total. The quantitative estimate of drug-likeness (QED) is 0.805. The normalized spacial score (nSPS) is 19.7. The Kier molecular flexibility index (Phi) is 3.86. The lowest BCUT2D eigenvalue weighted by Crippen LogP contribution is -2.27. The minimum atomic E-state index is -4.54. The van der Waals surface area contributed by atoms with Crippen LogP contribution < -0.4 is 4.90 Å². The number of rotatable bonds is 3. The Hall–Kier alpha value is -1.43. The molecule has 1 heterocycles. The first-order chi connectivity index (χ1) is 9.17. The molecule has 1 aromatic carbocycles. The maximum atomic E-state index is 12.8. The molecule has 1 unspecified atom stereocenters. The van der Waals surface area contributed by atoms with Gasteiger partial charge in [0.15, 0.2) is 0 Å². The van der Waals surface area contributed by atoms with Crippen molar-refractivity contribution in [2.24, 2.45) is 5.92 Å². The van der Waals surface area contributed by atoms with Crippen molar-refractivity contribution in [3.63, 3.8) is 0 Å². The van der Waals surface area contributed by atoms with Crippen molar-refractivity contribution in [1.29, 1.82) is 0 Å². The van der Waals surface area contributed by atoms with E-state index in [1.807, 2.05) is 32.9 Å². The fourth-order valence-corrected chi connectivity index (χ4v) is 3.78. The van der Waals surface area contributed by atoms with E-state index in [1.165, 1.54) is 0 Å². The van der Waals surface area contributed by atoms with Crippen molar-refractivity contribution in [3.8, 4) is 0 Å². The lowest BCUT2D eigenvalue weighted by atomic mass is 10.0. The summed E-state index contributed by atoms with van der Waals surface area (Å²) in [6, 6.07) is 3.96. The highest BCUT2D eigenvalue weighted by atomic mass is 32.3. The zero-order valence-corrected chi connectivity index (χ0v) is 12.6. The molecule has 0 aliphatic carbocycles. The first kappa shape index (κ1) is 15.0. The molecular formula is C14H18FNO3S. The number of anilines is 1. The zero-order valence-electron chi connectivity index (χ0n) is 11.8. The summed E-state index contributed by atoms with van der Waals surface area (Å²) in [7, 11) is -4.54. The average molecular weight is 299 g/mol. The van der Waals surface area contributed by atoms with E-state index in [-0.39, 0.29) is 18.9 Å². The van der Waals surface area contributed by atoms with E-state index < -0.39 is 21.9 Å². The highest BCUT2D eigenvalue weighted by Crippen LogP contribution is 2.32. The van der Waals surface area contributed by atoms with Crippen molar-refractivity contribution in [3.05, 3.63) is 28.8 Å². The number of amides is 1. The monoisotopic (exact) mass is 299 g/mol. The van der Waals surface area contributed by atoms with Crippen LogP contribution in [0.15, 0.2) is 12.1 Å². The number of hydrogen-bond acceptors (Lipinski definition) is 3. The summed E-state index contributed by atoms with van der Waals surface area (Å²) < 4.78 is 34.2. The van der Waals surface area contributed by atoms with Crippen LogP contribution in [0.4, 0.5) is 9.57 Å². The van der Waals surface area contributed by atoms with Gasteiger partial charge in [-0.3, -0.25) is 4.79 Å². The fraction of sp³-hybridized carbons (Fsp3) is 0.500. The second kappa shape index (κ2) is 5.16. The van der Waals surface area contributed by atoms with Crippen LogP contribution in [-0.4, -0.2) is 26.6 Å². The Morgan fingerprint density at radius 1 is 1.25 bits per heavy atom. The molecule has 110 valence electrons. The number of carbonyl (C=O) groups excluding carboxylic acids is 1. The van der Waals surface area contributed by atoms with E-state index in [1.54, 1.807) is 4.90 Å². The SMILES string of the molecule is Cc1cc(C)c(N2CC(CS(=O)(=O)F)CC2=O)c(C)c1. The molecule has 1 aliphatic rings. The van der Waals surface area contributed by atoms with Gasteiger partial charge in [-0.25, -0.2) is 0 Å². The van der Waals surface area contributed by atoms with E-state index >= 15 is 0 Å². The molecule has 0 saturated carbocycles. The van der Waals surface area contributed by atoms with Gasteiger partial charge in [-0.15, -0.1) is 3.89 Å². The summed E-state index contributed by atoms with van der Waals surface area (Å²) >= 11 is 0. The van der Waals surface area contributed by atoms with Crippen molar-refractivity contribution >= 4 is 21.8 Å². The summed E-state index contributed by atoms with van der Waals surface area (Å²) in [5.41, 5.74) is 3.87. The molecule has 6 heteroatoms. The topological polar surface area (TPSA) is 54.5 Å². The summed E-state index contributed by atoms with van der Waals surface area (Å²) in [5.74, 6) is -1.20. The van der Waals surface area contributed by atoms with Gasteiger partial charge in [-0.1, -0.05) is 17.7 Å². The third-order valence-electron chi connectivity index (χ3n) is 3.55. The molecular weight excluding hydrogens is 281 g/mol. The standard InChI is InChI=1S/C14H18FNO3S/c1-9-4-10(2)14(11(3)5-9)16-7-12(6-13(16)17)8-20(15,18)19/h4-5,12H,6-8H2,1-3H3. The maximum absolute atomic E-state index is 12.8. The average Bonchev–Trinajstić information content (AvgIpc) is 2.55. The third-order valence-corrected chi connectivity index (χ3v) is 4.41. The molecule has 1 saturated heterocycles. The first-order valence-corrected chi connectivity index (χ1v) is 8.03. The summed E-state index contributed by atoms with van der Waals surface area (Å²) in [5, 5.41) is 0. The smallest absolute Gasteiger partial charge is 0.302 e. The van der Waals surface area contributed by atoms with Gasteiger partial charge in [-0.2, -0.15) is 8.42 Å². The van der Waals surface area contributed by atoms with Crippen LogP contribution in [0.3, 0.4) is 0 Å². The van der Waals surface area contributed by atoms with Crippen LogP contribution in [0.1, 0.15) is 23.1 Å². The molecule has 1 atom stereocenters. The largest absolute Gasteiger partial charge is 0.312 e. The molecule has 1 aliphatic heterocycles. The van der Waals surface area contributed by atoms with Gasteiger partial charge in [-0.05, 0) is 31.9 Å². The van der Waals surface area contributed by atoms with Crippen LogP contribution in [-0.2, 0) is 15.0 Å². The summed E-state index contributed by atoms with van der Waals surface area (Å²) in [6.07, 6.45) is 0.0793. The van der Waals surface area contributed by atoms with Crippen molar-refractivity contribution in [2.75, 3.05) is 17.2 Å². The van der Waals surface area contributed by atoms with E-state index in [9.17, 15) is 17.1 Å². The number of aryl methyl sites for hydroxylation is 3. The van der Waals surface area contributed by atoms with Crippen molar-refractivity contribution in [2.45, 2.75) is 27.2 Å². The third kappa shape index (κ3) is 3.17. The number of halogens is 1. The molecule has 0 radical (unpaired) electrons. The lowest BCUT2D eigenvalue weighted by molar-refractivity contribution is -0.117. The fourth-order valence-electron chi connectivity index (χ4n) is 2.99. The van der Waals surface area contributed by atoms with E-state index in [2.05, 4.69) is 0 Å². The van der Waals surface area contributed by atoms with Crippen LogP contribution in [0, 0.1) is 26.7 Å². The summed E-state index contributed by atoms with van der Waals surface area (Å²) in [4.78, 5) is 13.7. The molecule has 1 fully saturated rings. The van der Waals surface area contributed by atoms with E-state index in [4.69, 9.17) is 0 Å². The van der Waals surface area contributed by atoms with E-state index in [0.29, 0.717) is 0 Å². The molecule has 0 spiro atoms. The molecule has 20 heavy (non-hydrogen) atoms. The van der Waals surface area contributed by atoms with Gasteiger partial charge in [0.05, 0.1) is 5.75 Å². The Morgan fingerprint density at radius 2 is 1.80 bits per heavy atom. The van der Waals surface area contributed by atoms with Crippen LogP contribution >= 0.6 is 0 Å². The molecule has 2 rings (SSSR count). The number of carbonyl (C=O) groups is 1. The Labute approximate surface area is 118 Å². The predicted molar refractivity (Wildman–Crippen MR) is 76.0 cm³/mol. The van der Waals surface area contributed by atoms with Crippen molar-refractivity contribution in [1.82, 2.24) is 0 Å². The molecule has 1 amide bonds. The Balaban J connectivity index is 2.29. The number of benzene rings is 1. The lowest BCUT2D eigenvalue weighted by Gasteiger charge is -2.22. The van der Waals surface area contributed by atoms with Crippen LogP contribution in [0.5, 0.6) is 0 Å². The van der Waals surface area contributed by atoms with Gasteiger partial charge in [0.25, 0.3) is 0 Å². The maximum Gasteiger partial charge on any atom is 0.302 e. The van der Waals surface area contributed by atoms with Gasteiger partial charge < -0.3 is 4.90 Å². The predicted octanol–water partition coefficient (Wildman–Crippen LogP) is 2.26. The highest BCUT2D eigenvalue weighted by Gasteiger charge is 2.34. The molecule has 0 bridgehead atoms. The minimum Gasteiger partial charge on any atom is -0.312 e. The number of hydrogen-bond donors (Lipinski definition) is 0. The second-order valence-corrected chi connectivity index (χ2v) is 6.94.